The van der Waals surface area contributed by atoms with Gasteiger partial charge in [-0.1, -0.05) is 13.8 Å². The molecule has 0 bridgehead atoms. The molecule has 0 spiro atoms. The second kappa shape index (κ2) is 9.33. The van der Waals surface area contributed by atoms with Crippen LogP contribution < -0.4 is 4.90 Å². The molecular weight excluding hydrogens is 456 g/mol. The summed E-state index contributed by atoms with van der Waals surface area (Å²) in [6.07, 6.45) is 2.01. The molecule has 13 heteroatoms. The molecule has 2 fully saturated rings. The molecule has 1 saturated heterocycles. The number of sulfonamides is 1. The van der Waals surface area contributed by atoms with Crippen molar-refractivity contribution in [1.82, 2.24) is 19.1 Å². The molecule has 0 radical (unpaired) electrons. The van der Waals surface area contributed by atoms with E-state index in [1.807, 2.05) is 4.57 Å². The van der Waals surface area contributed by atoms with Crippen LogP contribution in [0.4, 0.5) is 11.6 Å². The van der Waals surface area contributed by atoms with E-state index in [1.54, 1.807) is 13.8 Å². The van der Waals surface area contributed by atoms with Crippen molar-refractivity contribution in [2.45, 2.75) is 47.7 Å². The zero-order chi connectivity index (χ0) is 22.9. The first-order valence-electron chi connectivity index (χ1n) is 10.6. The number of ether oxygens (including phenoxy) is 1. The van der Waals surface area contributed by atoms with Gasteiger partial charge in [-0.05, 0) is 36.7 Å². The molecule has 2 heterocycles. The number of aromatic nitrogens is 3. The van der Waals surface area contributed by atoms with Gasteiger partial charge in [0.1, 0.15) is 0 Å². The largest absolute Gasteiger partial charge is 0.378 e. The van der Waals surface area contributed by atoms with E-state index in [0.29, 0.717) is 36.4 Å². The molecular formula is C19H26N6O5S2. The van der Waals surface area contributed by atoms with Gasteiger partial charge in [-0.3, -0.25) is 14.7 Å². The van der Waals surface area contributed by atoms with Gasteiger partial charge in [-0.2, -0.15) is 4.31 Å². The predicted molar refractivity (Wildman–Crippen MR) is 119 cm³/mol. The third kappa shape index (κ3) is 4.47. The molecule has 4 rings (SSSR count). The minimum absolute atomic E-state index is 0.0880. The van der Waals surface area contributed by atoms with Crippen LogP contribution in [0.5, 0.6) is 0 Å². The van der Waals surface area contributed by atoms with Crippen LogP contribution in [-0.2, 0) is 14.8 Å². The summed E-state index contributed by atoms with van der Waals surface area (Å²) in [7, 11) is -3.80. The van der Waals surface area contributed by atoms with Crippen LogP contribution in [0.15, 0.2) is 33.1 Å². The number of morpholine rings is 1. The number of anilines is 1. The Hall–Kier alpha value is -2.22. The van der Waals surface area contributed by atoms with Crippen molar-refractivity contribution in [1.29, 1.82) is 0 Å². The molecule has 0 unspecified atom stereocenters. The highest BCUT2D eigenvalue weighted by Gasteiger charge is 2.33. The molecule has 1 aliphatic heterocycles. The van der Waals surface area contributed by atoms with Crippen LogP contribution in [0, 0.1) is 10.1 Å². The summed E-state index contributed by atoms with van der Waals surface area (Å²) < 4.78 is 34.4. The molecule has 1 saturated carbocycles. The van der Waals surface area contributed by atoms with Gasteiger partial charge in [0, 0.05) is 38.3 Å². The number of benzene rings is 1. The van der Waals surface area contributed by atoms with E-state index in [9.17, 15) is 18.5 Å². The highest BCUT2D eigenvalue weighted by Crippen LogP contribution is 2.44. The lowest BCUT2D eigenvalue weighted by Gasteiger charge is -2.27. The average Bonchev–Trinajstić information content (AvgIpc) is 3.54. The Kier molecular flexibility index (Phi) is 6.70. The topological polar surface area (TPSA) is 124 Å². The molecule has 1 aliphatic carbocycles. The maximum atomic E-state index is 12.8. The Bertz CT molecular complexity index is 1090. The summed E-state index contributed by atoms with van der Waals surface area (Å²) in [5.41, 5.74) is -0.262. The molecule has 174 valence electrons. The maximum absolute atomic E-state index is 12.8. The van der Waals surface area contributed by atoms with E-state index in [1.165, 1.54) is 16.4 Å². The van der Waals surface area contributed by atoms with Crippen molar-refractivity contribution in [3.8, 4) is 0 Å². The second-order valence-corrected chi connectivity index (χ2v) is 10.5. The van der Waals surface area contributed by atoms with E-state index in [2.05, 4.69) is 15.1 Å². The molecule has 11 nitrogen and oxygen atoms in total. The van der Waals surface area contributed by atoms with Gasteiger partial charge in [0.05, 0.1) is 27.9 Å². The quantitative estimate of drug-likeness (QED) is 0.392. The van der Waals surface area contributed by atoms with Gasteiger partial charge >= 0.3 is 0 Å². The number of hydrogen-bond donors (Lipinski definition) is 0. The Morgan fingerprint density at radius 1 is 1.22 bits per heavy atom. The van der Waals surface area contributed by atoms with Crippen molar-refractivity contribution in [2.24, 2.45) is 0 Å². The van der Waals surface area contributed by atoms with Crippen LogP contribution in [0.25, 0.3) is 0 Å². The van der Waals surface area contributed by atoms with Gasteiger partial charge in [0.15, 0.2) is 5.16 Å². The Labute approximate surface area is 190 Å². The lowest BCUT2D eigenvalue weighted by molar-refractivity contribution is -0.388. The molecule has 32 heavy (non-hydrogen) atoms. The van der Waals surface area contributed by atoms with Crippen LogP contribution in [-0.4, -0.2) is 71.8 Å². The van der Waals surface area contributed by atoms with E-state index >= 15 is 0 Å². The molecule has 0 amide bonds. The fourth-order valence-electron chi connectivity index (χ4n) is 3.67. The summed E-state index contributed by atoms with van der Waals surface area (Å²) >= 11 is 1.14. The summed E-state index contributed by atoms with van der Waals surface area (Å²) in [5.74, 6) is 0.752. The lowest BCUT2D eigenvalue weighted by atomic mass is 10.3. The average molecular weight is 483 g/mol. The van der Waals surface area contributed by atoms with Crippen LogP contribution in [0.3, 0.4) is 0 Å². The minimum atomic E-state index is -3.80. The summed E-state index contributed by atoms with van der Waals surface area (Å²) in [4.78, 5) is 13.6. The standard InChI is InChI=1S/C19H26N6O5S2/c1-3-23(4-2)32(28,29)15-7-8-17(16(13-15)25(26)27)31-19-21-20-18(24(19)14-5-6-14)22-9-11-30-12-10-22/h7-8,13-14H,3-6,9-12H2,1-2H3. The normalized spacial score (nSPS) is 17.2. The van der Waals surface area contributed by atoms with Gasteiger partial charge in [0.2, 0.25) is 16.0 Å². The van der Waals surface area contributed by atoms with Crippen LogP contribution in [0.1, 0.15) is 32.7 Å². The van der Waals surface area contributed by atoms with Gasteiger partial charge in [-0.15, -0.1) is 10.2 Å². The van der Waals surface area contributed by atoms with Crippen molar-refractivity contribution < 1.29 is 18.1 Å². The molecule has 0 atom stereocenters. The van der Waals surface area contributed by atoms with Crippen LogP contribution >= 0.6 is 11.8 Å². The number of nitro benzene ring substituents is 1. The molecule has 2 aromatic rings. The van der Waals surface area contributed by atoms with E-state index < -0.39 is 14.9 Å². The monoisotopic (exact) mass is 482 g/mol. The van der Waals surface area contributed by atoms with Crippen molar-refractivity contribution in [3.05, 3.63) is 28.3 Å². The third-order valence-corrected chi connectivity index (χ3v) is 8.60. The molecule has 2 aliphatic rings. The third-order valence-electron chi connectivity index (χ3n) is 5.52. The summed E-state index contributed by atoms with van der Waals surface area (Å²) in [6, 6.07) is 4.31. The Balaban J connectivity index is 1.68. The van der Waals surface area contributed by atoms with Crippen molar-refractivity contribution in [3.63, 3.8) is 0 Å². The summed E-state index contributed by atoms with van der Waals surface area (Å²) in [6.45, 7) is 6.71. The van der Waals surface area contributed by atoms with Gasteiger partial charge in [0.25, 0.3) is 5.69 Å². The predicted octanol–water partition coefficient (Wildman–Crippen LogP) is 2.54. The smallest absolute Gasteiger partial charge is 0.284 e. The lowest BCUT2D eigenvalue weighted by Crippen LogP contribution is -2.38. The maximum Gasteiger partial charge on any atom is 0.284 e. The van der Waals surface area contributed by atoms with Crippen molar-refractivity contribution >= 4 is 33.4 Å². The zero-order valence-corrected chi connectivity index (χ0v) is 19.6. The van der Waals surface area contributed by atoms with E-state index in [4.69, 9.17) is 4.74 Å². The number of hydrogen-bond acceptors (Lipinski definition) is 9. The fraction of sp³-hybridized carbons (Fsp3) is 0.579. The molecule has 0 N–H and O–H groups in total. The Morgan fingerprint density at radius 2 is 1.91 bits per heavy atom. The fourth-order valence-corrected chi connectivity index (χ4v) is 6.13. The first kappa shape index (κ1) is 23.0. The highest BCUT2D eigenvalue weighted by atomic mass is 32.2. The van der Waals surface area contributed by atoms with Crippen molar-refractivity contribution in [2.75, 3.05) is 44.3 Å². The zero-order valence-electron chi connectivity index (χ0n) is 18.0. The molecule has 1 aromatic heterocycles. The van der Waals surface area contributed by atoms with E-state index in [-0.39, 0.29) is 29.7 Å². The van der Waals surface area contributed by atoms with E-state index in [0.717, 1.165) is 36.6 Å². The van der Waals surface area contributed by atoms with Crippen LogP contribution in [0.2, 0.25) is 0 Å². The Morgan fingerprint density at radius 3 is 2.50 bits per heavy atom. The first-order chi connectivity index (χ1) is 15.4. The number of nitrogens with zero attached hydrogens (tertiary/aromatic N) is 6. The number of rotatable bonds is 9. The number of nitro groups is 1. The minimum Gasteiger partial charge on any atom is -0.378 e. The van der Waals surface area contributed by atoms with Gasteiger partial charge < -0.3 is 9.64 Å². The first-order valence-corrected chi connectivity index (χ1v) is 12.9. The summed E-state index contributed by atoms with van der Waals surface area (Å²) in [5, 5.41) is 21.1. The molecule has 1 aromatic carbocycles. The second-order valence-electron chi connectivity index (χ2n) is 7.56. The SMILES string of the molecule is CCN(CC)S(=O)(=O)c1ccc(Sc2nnc(N3CCOCC3)n2C2CC2)c([N+](=O)[O-])c1. The highest BCUT2D eigenvalue weighted by molar-refractivity contribution is 7.99. The van der Waals surface area contributed by atoms with Gasteiger partial charge in [-0.25, -0.2) is 8.42 Å².